The van der Waals surface area contributed by atoms with Crippen molar-refractivity contribution in [2.24, 2.45) is 7.05 Å². The van der Waals surface area contributed by atoms with Gasteiger partial charge in [0.05, 0.1) is 44.5 Å². The lowest BCUT2D eigenvalue weighted by Gasteiger charge is -2.32. The zero-order valence-corrected chi connectivity index (χ0v) is 23.4. The number of rotatable bonds is 7. The molecule has 0 radical (unpaired) electrons. The van der Waals surface area contributed by atoms with Crippen molar-refractivity contribution in [3.63, 3.8) is 0 Å². The molecule has 1 fully saturated rings. The number of nitrogens with one attached hydrogen (secondary N) is 3. The molecule has 206 valence electrons. The summed E-state index contributed by atoms with van der Waals surface area (Å²) in [5.74, 6) is -0.735. The molecule has 3 aromatic heterocycles. The number of carbonyl (C=O) groups excluding carboxylic acids is 2. The molecule has 39 heavy (non-hydrogen) atoms. The molecule has 1 aromatic carbocycles. The van der Waals surface area contributed by atoms with Crippen LogP contribution in [0.4, 0.5) is 11.6 Å². The third kappa shape index (κ3) is 4.96. The first-order chi connectivity index (χ1) is 18.7. The number of methoxy groups -OCH3 is 1. The van der Waals surface area contributed by atoms with E-state index in [9.17, 15) is 19.5 Å². The molecule has 14 heteroatoms. The molecule has 0 aliphatic carbocycles. The smallest absolute Gasteiger partial charge is 0.356 e. The number of aromatic amines is 1. The van der Waals surface area contributed by atoms with Crippen molar-refractivity contribution < 1.29 is 24.3 Å². The van der Waals surface area contributed by atoms with E-state index in [2.05, 4.69) is 41.1 Å². The van der Waals surface area contributed by atoms with Crippen molar-refractivity contribution in [3.8, 4) is 5.88 Å². The van der Waals surface area contributed by atoms with E-state index in [1.807, 2.05) is 29.7 Å². The minimum Gasteiger partial charge on any atom is -0.857 e. The summed E-state index contributed by atoms with van der Waals surface area (Å²) in [6.45, 7) is 5.33. The molecule has 0 atom stereocenters. The zero-order chi connectivity index (χ0) is 27.8. The van der Waals surface area contributed by atoms with E-state index in [1.165, 1.54) is 11.7 Å². The Morgan fingerprint density at radius 2 is 2.00 bits per heavy atom. The largest absolute Gasteiger partial charge is 0.857 e. The second kappa shape index (κ2) is 10.7. The quantitative estimate of drug-likeness (QED) is 0.250. The number of quaternary nitrogens is 1. The van der Waals surface area contributed by atoms with Crippen LogP contribution in [0.1, 0.15) is 23.8 Å². The van der Waals surface area contributed by atoms with E-state index in [0.29, 0.717) is 66.4 Å². The highest BCUT2D eigenvalue weighted by Crippen LogP contribution is 2.31. The average Bonchev–Trinajstić information content (AvgIpc) is 3.46. The lowest BCUT2D eigenvalue weighted by atomic mass is 10.2. The molecule has 1 saturated heterocycles. The molecule has 0 bridgehead atoms. The van der Waals surface area contributed by atoms with Gasteiger partial charge in [0.25, 0.3) is 5.91 Å². The van der Waals surface area contributed by atoms with Crippen molar-refractivity contribution >= 4 is 61.5 Å². The topological polar surface area (TPSA) is 155 Å². The molecule has 1 amide bonds. The molecule has 0 saturated carbocycles. The van der Waals surface area contributed by atoms with Crippen LogP contribution in [-0.2, 0) is 23.1 Å². The normalized spacial score (nSPS) is 14.3. The van der Waals surface area contributed by atoms with Crippen LogP contribution in [0.15, 0.2) is 27.5 Å². The molecule has 0 spiro atoms. The maximum absolute atomic E-state index is 13.1. The van der Waals surface area contributed by atoms with Gasteiger partial charge < -0.3 is 34.5 Å². The first kappa shape index (κ1) is 26.7. The van der Waals surface area contributed by atoms with E-state index < -0.39 is 17.5 Å². The summed E-state index contributed by atoms with van der Waals surface area (Å²) in [6, 6.07) is 5.50. The molecule has 1 aliphatic heterocycles. The minimum atomic E-state index is -0.626. The molecule has 13 nitrogen and oxygen atoms in total. The van der Waals surface area contributed by atoms with Crippen LogP contribution in [0.2, 0.25) is 0 Å². The maximum atomic E-state index is 13.1. The molecule has 1 aliphatic rings. The maximum Gasteiger partial charge on any atom is 0.356 e. The number of aryl methyl sites for hydroxylation is 2. The predicted molar refractivity (Wildman–Crippen MR) is 146 cm³/mol. The third-order valence-corrected chi connectivity index (χ3v) is 7.45. The van der Waals surface area contributed by atoms with E-state index in [1.54, 1.807) is 7.05 Å². The van der Waals surface area contributed by atoms with Crippen LogP contribution in [0.3, 0.4) is 0 Å². The highest BCUT2D eigenvalue weighted by molar-refractivity contribution is 9.10. The monoisotopic (exact) mass is 600 g/mol. The number of halogens is 1. The Morgan fingerprint density at radius 1 is 1.26 bits per heavy atom. The van der Waals surface area contributed by atoms with Crippen molar-refractivity contribution in [2.45, 2.75) is 19.9 Å². The third-order valence-electron chi connectivity index (χ3n) is 6.96. The number of H-pyrrole nitrogens is 1. The van der Waals surface area contributed by atoms with Gasteiger partial charge in [-0.2, -0.15) is 4.98 Å². The van der Waals surface area contributed by atoms with E-state index >= 15 is 0 Å². The summed E-state index contributed by atoms with van der Waals surface area (Å²) in [7, 11) is 2.85. The lowest BCUT2D eigenvalue weighted by molar-refractivity contribution is -0.892. The fourth-order valence-electron chi connectivity index (χ4n) is 5.02. The number of piperazine rings is 1. The van der Waals surface area contributed by atoms with Crippen LogP contribution in [0.5, 0.6) is 5.88 Å². The van der Waals surface area contributed by atoms with Gasteiger partial charge in [-0.15, -0.1) is 0 Å². The molecule has 5 rings (SSSR count). The number of benzene rings is 1. The number of anilines is 2. The molecule has 4 heterocycles. The Morgan fingerprint density at radius 3 is 2.69 bits per heavy atom. The first-order valence-electron chi connectivity index (χ1n) is 12.6. The fourth-order valence-corrected chi connectivity index (χ4v) is 5.38. The number of hydrogen-bond donors (Lipinski definition) is 3. The number of carbonyl (C=O) groups is 2. The SMILES string of the molecule is CCCn1c(N2CC[NH+](CC(=O)Nc3c(C(=O)OC)[nH]c4ccc(Br)cc34)CC2)nc2c1c([O-])nc(=O)n2C. The van der Waals surface area contributed by atoms with Gasteiger partial charge in [0.1, 0.15) is 5.69 Å². The standard InChI is InChI=1S/C25H29BrN8O5/c1-4-7-34-20-21(31(2)25(38)30-22(20)36)29-24(34)33-10-8-32(9-11-33)13-17(35)28-18-15-12-14(26)5-6-16(15)27-19(18)23(37)39-3/h5-6,12,27H,4,7-11,13H2,1-3H3,(H,28,35)(H,30,36,38). The van der Waals surface area contributed by atoms with Gasteiger partial charge >= 0.3 is 11.7 Å². The van der Waals surface area contributed by atoms with Crippen molar-refractivity contribution in [1.82, 2.24) is 24.1 Å². The van der Waals surface area contributed by atoms with Crippen LogP contribution < -0.4 is 25.9 Å². The summed E-state index contributed by atoms with van der Waals surface area (Å²) in [6.07, 6.45) is 0.782. The second-order valence-corrected chi connectivity index (χ2v) is 10.4. The average molecular weight is 601 g/mol. The second-order valence-electron chi connectivity index (χ2n) is 9.51. The van der Waals surface area contributed by atoms with Gasteiger partial charge in [-0.05, 0) is 24.6 Å². The number of esters is 1. The highest BCUT2D eigenvalue weighted by atomic mass is 79.9. The Kier molecular flexibility index (Phi) is 7.32. The first-order valence-corrected chi connectivity index (χ1v) is 13.4. The van der Waals surface area contributed by atoms with Gasteiger partial charge in [-0.25, -0.2) is 14.6 Å². The minimum absolute atomic E-state index is 0.190. The number of nitrogens with zero attached hydrogens (tertiary/aromatic N) is 5. The van der Waals surface area contributed by atoms with Crippen molar-refractivity contribution in [3.05, 3.63) is 38.9 Å². The number of fused-ring (bicyclic) bond motifs is 2. The fraction of sp³-hybridized carbons (Fsp3) is 0.400. The number of imidazole rings is 1. The summed E-state index contributed by atoms with van der Waals surface area (Å²) in [4.78, 5) is 51.9. The van der Waals surface area contributed by atoms with Crippen molar-refractivity contribution in [2.75, 3.05) is 50.1 Å². The van der Waals surface area contributed by atoms with E-state index in [0.717, 1.165) is 15.8 Å². The summed E-state index contributed by atoms with van der Waals surface area (Å²) < 4.78 is 8.85. The Hall–Kier alpha value is -3.91. The molecular weight excluding hydrogens is 572 g/mol. The van der Waals surface area contributed by atoms with Crippen LogP contribution in [-0.4, -0.2) is 75.8 Å². The zero-order valence-electron chi connectivity index (χ0n) is 21.8. The molecule has 0 unspecified atom stereocenters. The van der Waals surface area contributed by atoms with Crippen LogP contribution >= 0.6 is 15.9 Å². The number of ether oxygens (including phenoxy) is 1. The highest BCUT2D eigenvalue weighted by Gasteiger charge is 2.28. The van der Waals surface area contributed by atoms with Crippen LogP contribution in [0.25, 0.3) is 22.1 Å². The van der Waals surface area contributed by atoms with Crippen LogP contribution in [0, 0.1) is 0 Å². The lowest BCUT2D eigenvalue weighted by Crippen LogP contribution is -3.15. The van der Waals surface area contributed by atoms with Gasteiger partial charge in [0.2, 0.25) is 5.95 Å². The summed E-state index contributed by atoms with van der Waals surface area (Å²) >= 11 is 3.44. The molecular formula is C25H29BrN8O5. The Balaban J connectivity index is 1.31. The van der Waals surface area contributed by atoms with Gasteiger partial charge in [0.15, 0.2) is 12.2 Å². The predicted octanol–water partition coefficient (Wildman–Crippen LogP) is -0.0124. The van der Waals surface area contributed by atoms with Gasteiger partial charge in [0, 0.05) is 34.8 Å². The molecule has 3 N–H and O–H groups in total. The number of amides is 1. The Bertz CT molecular complexity index is 1630. The number of hydrogen-bond acceptors (Lipinski definition) is 8. The van der Waals surface area contributed by atoms with Crippen molar-refractivity contribution in [1.29, 1.82) is 0 Å². The van der Waals surface area contributed by atoms with E-state index in [-0.39, 0.29) is 18.1 Å². The Labute approximate surface area is 231 Å². The number of aromatic nitrogens is 5. The summed E-state index contributed by atoms with van der Waals surface area (Å²) in [5, 5.41) is 16.2. The van der Waals surface area contributed by atoms with Gasteiger partial charge in [-0.1, -0.05) is 22.9 Å². The van der Waals surface area contributed by atoms with Gasteiger partial charge in [-0.3, -0.25) is 9.36 Å². The molecule has 4 aromatic rings. The van der Waals surface area contributed by atoms with E-state index in [4.69, 9.17) is 4.74 Å². The summed E-state index contributed by atoms with van der Waals surface area (Å²) in [5.41, 5.74) is 1.31.